The number of hydrogen-bond acceptors (Lipinski definition) is 5. The van der Waals surface area contributed by atoms with Gasteiger partial charge in [-0.3, -0.25) is 19.7 Å². The minimum Gasteiger partial charge on any atom is -0.496 e. The number of nitrogens with one attached hydrogen (secondary N) is 1. The van der Waals surface area contributed by atoms with E-state index in [0.717, 1.165) is 27.7 Å². The molecule has 6 rings (SSSR count). The van der Waals surface area contributed by atoms with E-state index in [1.807, 2.05) is 48.5 Å². The molecule has 3 heterocycles. The summed E-state index contributed by atoms with van der Waals surface area (Å²) in [5, 5.41) is 12.5. The number of amides is 2. The van der Waals surface area contributed by atoms with Crippen molar-refractivity contribution >= 4 is 28.4 Å². The fourth-order valence-corrected chi connectivity index (χ4v) is 5.65. The van der Waals surface area contributed by atoms with E-state index < -0.39 is 17.0 Å². The average Bonchev–Trinajstić information content (AvgIpc) is 3.29. The Morgan fingerprint density at radius 3 is 2.65 bits per heavy atom. The Hall–Kier alpha value is -4.66. The van der Waals surface area contributed by atoms with Crippen LogP contribution in [0.2, 0.25) is 0 Å². The van der Waals surface area contributed by atoms with Gasteiger partial charge in [0.05, 0.1) is 18.1 Å². The lowest BCUT2D eigenvalue weighted by atomic mass is 9.86. The second-order valence-electron chi connectivity index (χ2n) is 9.34. The normalized spacial score (nSPS) is 19.1. The van der Waals surface area contributed by atoms with Crippen LogP contribution in [0.1, 0.15) is 28.4 Å². The highest BCUT2D eigenvalue weighted by Gasteiger charge is 2.48. The molecule has 0 unspecified atom stereocenters. The average molecular weight is 497 g/mol. The molecule has 9 nitrogen and oxygen atoms in total. The SMILES string of the molecule is COc1ccccc1CN1CC(=O)N2[C@@H](c3cccc([N+](=O)[O-])c3)c3[nH]c4ccccc4c3C[C@H]2C1=O. The lowest BCUT2D eigenvalue weighted by Gasteiger charge is -2.47. The number of piperazine rings is 1. The number of ether oxygens (including phenoxy) is 1. The topological polar surface area (TPSA) is 109 Å². The van der Waals surface area contributed by atoms with Gasteiger partial charge in [0.15, 0.2) is 0 Å². The molecule has 2 aliphatic rings. The number of aromatic nitrogens is 1. The summed E-state index contributed by atoms with van der Waals surface area (Å²) < 4.78 is 5.45. The second kappa shape index (κ2) is 8.77. The number of fused-ring (bicyclic) bond motifs is 4. The molecule has 1 aromatic heterocycles. The summed E-state index contributed by atoms with van der Waals surface area (Å²) in [5.74, 6) is 0.291. The number of nitro benzene ring substituents is 1. The first kappa shape index (κ1) is 22.8. The Balaban J connectivity index is 1.46. The van der Waals surface area contributed by atoms with Crippen molar-refractivity contribution in [2.45, 2.75) is 25.0 Å². The number of para-hydroxylation sites is 2. The number of methoxy groups -OCH3 is 1. The Kier molecular flexibility index (Phi) is 5.40. The summed E-state index contributed by atoms with van der Waals surface area (Å²) in [5.41, 5.74) is 3.98. The zero-order valence-electron chi connectivity index (χ0n) is 20.1. The zero-order valence-corrected chi connectivity index (χ0v) is 20.1. The van der Waals surface area contributed by atoms with Gasteiger partial charge in [-0.1, -0.05) is 48.5 Å². The molecule has 0 radical (unpaired) electrons. The number of carbonyl (C=O) groups excluding carboxylic acids is 2. The van der Waals surface area contributed by atoms with E-state index in [1.54, 1.807) is 29.0 Å². The Labute approximate surface area is 212 Å². The summed E-state index contributed by atoms with van der Waals surface area (Å²) in [4.78, 5) is 45.3. The number of nitrogens with zero attached hydrogens (tertiary/aromatic N) is 3. The van der Waals surface area contributed by atoms with Crippen LogP contribution in [0.3, 0.4) is 0 Å². The smallest absolute Gasteiger partial charge is 0.269 e. The van der Waals surface area contributed by atoms with E-state index >= 15 is 0 Å². The maximum atomic E-state index is 13.9. The minimum atomic E-state index is -0.730. The highest BCUT2D eigenvalue weighted by molar-refractivity contribution is 5.97. The van der Waals surface area contributed by atoms with Crippen molar-refractivity contribution in [1.29, 1.82) is 0 Å². The molecule has 0 spiro atoms. The Morgan fingerprint density at radius 2 is 1.84 bits per heavy atom. The number of nitro groups is 1. The number of rotatable bonds is 5. The number of H-pyrrole nitrogens is 1. The number of benzene rings is 3. The van der Waals surface area contributed by atoms with Crippen molar-refractivity contribution in [3.8, 4) is 5.75 Å². The van der Waals surface area contributed by atoms with Crippen LogP contribution >= 0.6 is 0 Å². The summed E-state index contributed by atoms with van der Waals surface area (Å²) in [6, 6.07) is 20.2. The molecule has 0 saturated carbocycles. The first-order chi connectivity index (χ1) is 18.0. The van der Waals surface area contributed by atoms with Gasteiger partial charge in [0.2, 0.25) is 11.8 Å². The molecule has 186 valence electrons. The molecule has 2 aliphatic heterocycles. The van der Waals surface area contributed by atoms with Crippen LogP contribution in [0.15, 0.2) is 72.8 Å². The summed E-state index contributed by atoms with van der Waals surface area (Å²) in [6.07, 6.45) is 0.359. The molecule has 3 aromatic carbocycles. The summed E-state index contributed by atoms with van der Waals surface area (Å²) >= 11 is 0. The van der Waals surface area contributed by atoms with Gasteiger partial charge in [0.25, 0.3) is 5.69 Å². The van der Waals surface area contributed by atoms with Gasteiger partial charge in [0, 0.05) is 47.3 Å². The van der Waals surface area contributed by atoms with Crippen molar-refractivity contribution in [2.24, 2.45) is 0 Å². The molecule has 4 aromatic rings. The van der Waals surface area contributed by atoms with Gasteiger partial charge in [-0.2, -0.15) is 0 Å². The minimum absolute atomic E-state index is 0.0640. The molecule has 1 saturated heterocycles. The Bertz CT molecular complexity index is 1560. The Morgan fingerprint density at radius 1 is 1.05 bits per heavy atom. The van der Waals surface area contributed by atoms with E-state index in [1.165, 1.54) is 12.1 Å². The zero-order chi connectivity index (χ0) is 25.7. The fourth-order valence-electron chi connectivity index (χ4n) is 5.65. The van der Waals surface area contributed by atoms with Gasteiger partial charge in [-0.15, -0.1) is 0 Å². The maximum absolute atomic E-state index is 13.9. The third kappa shape index (κ3) is 3.70. The number of carbonyl (C=O) groups is 2. The highest BCUT2D eigenvalue weighted by Crippen LogP contribution is 2.43. The van der Waals surface area contributed by atoms with Gasteiger partial charge >= 0.3 is 0 Å². The molecule has 9 heteroatoms. The van der Waals surface area contributed by atoms with E-state index in [2.05, 4.69) is 4.98 Å². The first-order valence-corrected chi connectivity index (χ1v) is 12.0. The molecule has 0 bridgehead atoms. The molecule has 2 amide bonds. The van der Waals surface area contributed by atoms with E-state index in [0.29, 0.717) is 17.7 Å². The monoisotopic (exact) mass is 496 g/mol. The van der Waals surface area contributed by atoms with E-state index in [-0.39, 0.29) is 30.6 Å². The molecule has 1 fully saturated rings. The molecular formula is C28H24N4O5. The number of non-ortho nitro benzene ring substituents is 1. The predicted molar refractivity (Wildman–Crippen MR) is 136 cm³/mol. The van der Waals surface area contributed by atoms with Gasteiger partial charge in [-0.05, 0) is 23.3 Å². The fraction of sp³-hybridized carbons (Fsp3) is 0.214. The van der Waals surface area contributed by atoms with Crippen LogP contribution in [-0.4, -0.2) is 51.2 Å². The summed E-state index contributed by atoms with van der Waals surface area (Å²) in [6.45, 7) is 0.162. The molecule has 0 aliphatic carbocycles. The van der Waals surface area contributed by atoms with E-state index in [4.69, 9.17) is 4.74 Å². The lowest BCUT2D eigenvalue weighted by molar-refractivity contribution is -0.384. The van der Waals surface area contributed by atoms with Crippen molar-refractivity contribution in [3.63, 3.8) is 0 Å². The highest BCUT2D eigenvalue weighted by atomic mass is 16.6. The number of hydrogen-bond donors (Lipinski definition) is 1. The van der Waals surface area contributed by atoms with Crippen LogP contribution in [0.25, 0.3) is 10.9 Å². The molecule has 2 atom stereocenters. The maximum Gasteiger partial charge on any atom is 0.269 e. The van der Waals surface area contributed by atoms with Crippen molar-refractivity contribution in [2.75, 3.05) is 13.7 Å². The summed E-state index contributed by atoms with van der Waals surface area (Å²) in [7, 11) is 1.58. The van der Waals surface area contributed by atoms with Crippen molar-refractivity contribution in [3.05, 3.63) is 105 Å². The predicted octanol–water partition coefficient (Wildman–Crippen LogP) is 3.97. The van der Waals surface area contributed by atoms with Crippen LogP contribution < -0.4 is 4.74 Å². The van der Waals surface area contributed by atoms with Gasteiger partial charge < -0.3 is 19.5 Å². The third-order valence-electron chi connectivity index (χ3n) is 7.29. The molecule has 1 N–H and O–H groups in total. The largest absolute Gasteiger partial charge is 0.496 e. The van der Waals surface area contributed by atoms with Crippen LogP contribution in [0.4, 0.5) is 5.69 Å². The van der Waals surface area contributed by atoms with Gasteiger partial charge in [0.1, 0.15) is 18.3 Å². The lowest BCUT2D eigenvalue weighted by Crippen LogP contribution is -2.62. The van der Waals surface area contributed by atoms with Crippen molar-refractivity contribution in [1.82, 2.24) is 14.8 Å². The quantitative estimate of drug-likeness (QED) is 0.332. The van der Waals surface area contributed by atoms with Crippen LogP contribution in [-0.2, 0) is 22.6 Å². The number of aromatic amines is 1. The standard InChI is InChI=1S/C28H24N4O5/c1-37-24-12-5-2-7-18(24)15-30-16-25(33)31-23(28(30)34)14-21-20-10-3-4-11-22(20)29-26(21)27(31)17-8-6-9-19(13-17)32(35)36/h2-13,23,27,29H,14-16H2,1H3/t23-,27-/m0/s1. The van der Waals surface area contributed by atoms with E-state index in [9.17, 15) is 19.7 Å². The third-order valence-corrected chi connectivity index (χ3v) is 7.29. The van der Waals surface area contributed by atoms with Crippen molar-refractivity contribution < 1.29 is 19.2 Å². The molecular weight excluding hydrogens is 472 g/mol. The first-order valence-electron chi connectivity index (χ1n) is 12.0. The van der Waals surface area contributed by atoms with Crippen LogP contribution in [0.5, 0.6) is 5.75 Å². The van der Waals surface area contributed by atoms with Crippen LogP contribution in [0, 0.1) is 10.1 Å². The van der Waals surface area contributed by atoms with Gasteiger partial charge in [-0.25, -0.2) is 0 Å². The second-order valence-corrected chi connectivity index (χ2v) is 9.34. The molecule has 37 heavy (non-hydrogen) atoms.